The van der Waals surface area contributed by atoms with E-state index in [2.05, 4.69) is 5.32 Å². The molecular weight excluding hydrogens is 320 g/mol. The summed E-state index contributed by atoms with van der Waals surface area (Å²) < 4.78 is 10.5. The molecule has 0 aliphatic rings. The monoisotopic (exact) mass is 338 g/mol. The normalized spacial score (nSPS) is 11.1. The summed E-state index contributed by atoms with van der Waals surface area (Å²) in [5.41, 5.74) is 2.02. The molecule has 1 N–H and O–H groups in total. The third-order valence-electron chi connectivity index (χ3n) is 3.28. The van der Waals surface area contributed by atoms with Gasteiger partial charge in [0.2, 0.25) is 0 Å². The van der Waals surface area contributed by atoms with Crippen molar-refractivity contribution >= 4 is 17.6 Å². The highest BCUT2D eigenvalue weighted by molar-refractivity contribution is 5.93. The number of ether oxygens (including phenoxy) is 2. The zero-order valence-corrected chi connectivity index (χ0v) is 14.0. The maximum atomic E-state index is 11.9. The number of hydrogen-bond donors (Lipinski definition) is 1. The third-order valence-corrected chi connectivity index (χ3v) is 3.28. The number of nitriles is 1. The van der Waals surface area contributed by atoms with Crippen molar-refractivity contribution in [2.45, 2.75) is 20.0 Å². The molecule has 6 heteroatoms. The van der Waals surface area contributed by atoms with E-state index in [1.54, 1.807) is 43.3 Å². The number of benzene rings is 2. The van der Waals surface area contributed by atoms with Gasteiger partial charge in [0.05, 0.1) is 11.6 Å². The number of amides is 1. The van der Waals surface area contributed by atoms with E-state index in [1.165, 1.54) is 0 Å². The predicted molar refractivity (Wildman–Crippen MR) is 92.0 cm³/mol. The van der Waals surface area contributed by atoms with E-state index in [0.717, 1.165) is 5.56 Å². The van der Waals surface area contributed by atoms with Crippen LogP contribution in [0, 0.1) is 18.3 Å². The maximum absolute atomic E-state index is 11.9. The number of rotatable bonds is 6. The Hall–Kier alpha value is -3.33. The fourth-order valence-electron chi connectivity index (χ4n) is 2.02. The van der Waals surface area contributed by atoms with E-state index in [-0.39, 0.29) is 0 Å². The minimum Gasteiger partial charge on any atom is -0.479 e. The molecule has 1 atom stereocenters. The lowest BCUT2D eigenvalue weighted by Crippen LogP contribution is -2.29. The van der Waals surface area contributed by atoms with Crippen LogP contribution in [0.5, 0.6) is 5.75 Å². The van der Waals surface area contributed by atoms with Gasteiger partial charge in [0.1, 0.15) is 5.75 Å². The third kappa shape index (κ3) is 5.66. The molecule has 2 aromatic rings. The largest absolute Gasteiger partial charge is 0.479 e. The number of anilines is 1. The average molecular weight is 338 g/mol. The van der Waals surface area contributed by atoms with E-state index in [9.17, 15) is 9.59 Å². The number of hydrogen-bond acceptors (Lipinski definition) is 5. The average Bonchev–Trinajstić information content (AvgIpc) is 2.60. The summed E-state index contributed by atoms with van der Waals surface area (Å²) in [6.45, 7) is 3.06. The standard InChI is InChI=1S/C19H18N2O4/c1-13-4-3-5-17(10-13)25-14(2)19(23)24-12-18(22)21-16-8-6-15(11-20)7-9-16/h3-10,14H,12H2,1-2H3,(H,21,22)/t14-/m1/s1. The lowest BCUT2D eigenvalue weighted by molar-refractivity contribution is -0.153. The van der Waals surface area contributed by atoms with Gasteiger partial charge in [-0.3, -0.25) is 4.79 Å². The van der Waals surface area contributed by atoms with Crippen molar-refractivity contribution in [2.24, 2.45) is 0 Å². The highest BCUT2D eigenvalue weighted by atomic mass is 16.6. The molecule has 0 saturated carbocycles. The Labute approximate surface area is 146 Å². The van der Waals surface area contributed by atoms with Crippen LogP contribution in [0.2, 0.25) is 0 Å². The molecule has 0 radical (unpaired) electrons. The second-order valence-corrected chi connectivity index (χ2v) is 5.42. The number of carbonyl (C=O) groups excluding carboxylic acids is 2. The summed E-state index contributed by atoms with van der Waals surface area (Å²) in [5, 5.41) is 11.3. The van der Waals surface area contributed by atoms with Crippen LogP contribution in [0.25, 0.3) is 0 Å². The van der Waals surface area contributed by atoms with E-state index < -0.39 is 24.6 Å². The maximum Gasteiger partial charge on any atom is 0.347 e. The van der Waals surface area contributed by atoms with Gasteiger partial charge < -0.3 is 14.8 Å². The van der Waals surface area contributed by atoms with Crippen LogP contribution in [0.1, 0.15) is 18.1 Å². The molecule has 0 aliphatic heterocycles. The topological polar surface area (TPSA) is 88.4 Å². The van der Waals surface area contributed by atoms with Crippen molar-refractivity contribution in [3.05, 3.63) is 59.7 Å². The van der Waals surface area contributed by atoms with Gasteiger partial charge >= 0.3 is 5.97 Å². The molecule has 0 spiro atoms. The van der Waals surface area contributed by atoms with Crippen molar-refractivity contribution in [3.63, 3.8) is 0 Å². The minimum atomic E-state index is -0.829. The number of carbonyl (C=O) groups is 2. The van der Waals surface area contributed by atoms with Crippen molar-refractivity contribution in [1.29, 1.82) is 5.26 Å². The van der Waals surface area contributed by atoms with Gasteiger partial charge in [-0.1, -0.05) is 12.1 Å². The van der Waals surface area contributed by atoms with Crippen LogP contribution in [0.15, 0.2) is 48.5 Å². The van der Waals surface area contributed by atoms with Crippen LogP contribution in [-0.2, 0) is 14.3 Å². The van der Waals surface area contributed by atoms with Crippen molar-refractivity contribution in [1.82, 2.24) is 0 Å². The first-order valence-electron chi connectivity index (χ1n) is 7.68. The van der Waals surface area contributed by atoms with E-state index in [4.69, 9.17) is 14.7 Å². The van der Waals surface area contributed by atoms with Crippen molar-refractivity contribution in [2.75, 3.05) is 11.9 Å². The first kappa shape index (κ1) is 18.0. The Kier molecular flexibility index (Phi) is 6.13. The Morgan fingerprint density at radius 1 is 1.20 bits per heavy atom. The molecule has 25 heavy (non-hydrogen) atoms. The fraction of sp³-hybridized carbons (Fsp3) is 0.211. The summed E-state index contributed by atoms with van der Waals surface area (Å²) in [6.07, 6.45) is -0.829. The SMILES string of the molecule is Cc1cccc(O[C@H](C)C(=O)OCC(=O)Nc2ccc(C#N)cc2)c1. The first-order valence-corrected chi connectivity index (χ1v) is 7.68. The Morgan fingerprint density at radius 3 is 2.56 bits per heavy atom. The van der Waals surface area contributed by atoms with Gasteiger partial charge in [-0.15, -0.1) is 0 Å². The van der Waals surface area contributed by atoms with Crippen LogP contribution in [-0.4, -0.2) is 24.6 Å². The molecule has 6 nitrogen and oxygen atoms in total. The highest BCUT2D eigenvalue weighted by Gasteiger charge is 2.18. The van der Waals surface area contributed by atoms with Gasteiger partial charge in [0.15, 0.2) is 12.7 Å². The number of nitrogens with one attached hydrogen (secondary N) is 1. The molecule has 2 rings (SSSR count). The van der Waals surface area contributed by atoms with Crippen LogP contribution >= 0.6 is 0 Å². The lowest BCUT2D eigenvalue weighted by Gasteiger charge is -2.14. The first-order chi connectivity index (χ1) is 12.0. The van der Waals surface area contributed by atoms with E-state index >= 15 is 0 Å². The quantitative estimate of drug-likeness (QED) is 0.818. The lowest BCUT2D eigenvalue weighted by atomic mass is 10.2. The summed E-state index contributed by atoms with van der Waals surface area (Å²) in [5.74, 6) is -0.538. The van der Waals surface area contributed by atoms with Crippen LogP contribution < -0.4 is 10.1 Å². The van der Waals surface area contributed by atoms with Crippen molar-refractivity contribution in [3.8, 4) is 11.8 Å². The van der Waals surface area contributed by atoms with Gasteiger partial charge in [-0.05, 0) is 55.8 Å². The van der Waals surface area contributed by atoms with Gasteiger partial charge in [0.25, 0.3) is 5.91 Å². The van der Waals surface area contributed by atoms with Crippen LogP contribution in [0.4, 0.5) is 5.69 Å². The Balaban J connectivity index is 1.80. The number of aryl methyl sites for hydroxylation is 1. The minimum absolute atomic E-state index is 0.416. The molecule has 0 bridgehead atoms. The fourth-order valence-corrected chi connectivity index (χ4v) is 2.02. The molecule has 1 amide bonds. The predicted octanol–water partition coefficient (Wildman–Crippen LogP) is 2.82. The number of esters is 1. The summed E-state index contributed by atoms with van der Waals surface area (Å²) >= 11 is 0. The molecule has 0 unspecified atom stereocenters. The van der Waals surface area contributed by atoms with Crippen molar-refractivity contribution < 1.29 is 19.1 Å². The Bertz CT molecular complexity index is 794. The van der Waals surface area contributed by atoms with Crippen LogP contribution in [0.3, 0.4) is 0 Å². The highest BCUT2D eigenvalue weighted by Crippen LogP contribution is 2.14. The molecule has 0 aromatic heterocycles. The van der Waals surface area contributed by atoms with E-state index in [1.807, 2.05) is 25.1 Å². The molecule has 0 aliphatic carbocycles. The second-order valence-electron chi connectivity index (χ2n) is 5.42. The molecule has 0 fully saturated rings. The second kappa shape index (κ2) is 8.50. The molecule has 0 heterocycles. The molecule has 128 valence electrons. The zero-order chi connectivity index (χ0) is 18.2. The van der Waals surface area contributed by atoms with E-state index in [0.29, 0.717) is 17.0 Å². The summed E-state index contributed by atoms with van der Waals surface area (Å²) in [4.78, 5) is 23.7. The summed E-state index contributed by atoms with van der Waals surface area (Å²) in [7, 11) is 0. The molecular formula is C19H18N2O4. The number of nitrogens with zero attached hydrogens (tertiary/aromatic N) is 1. The van der Waals surface area contributed by atoms with Gasteiger partial charge in [-0.25, -0.2) is 4.79 Å². The van der Waals surface area contributed by atoms with Gasteiger partial charge in [0, 0.05) is 5.69 Å². The molecule has 0 saturated heterocycles. The zero-order valence-electron chi connectivity index (χ0n) is 14.0. The summed E-state index contributed by atoms with van der Waals surface area (Å²) in [6, 6.07) is 15.6. The molecule has 2 aromatic carbocycles. The smallest absolute Gasteiger partial charge is 0.347 e. The Morgan fingerprint density at radius 2 is 1.92 bits per heavy atom. The van der Waals surface area contributed by atoms with Gasteiger partial charge in [-0.2, -0.15) is 5.26 Å².